The van der Waals surface area contributed by atoms with Crippen molar-refractivity contribution in [2.75, 3.05) is 13.1 Å². The van der Waals surface area contributed by atoms with Crippen molar-refractivity contribution < 1.29 is 5.11 Å². The summed E-state index contributed by atoms with van der Waals surface area (Å²) in [7, 11) is 0. The zero-order valence-electron chi connectivity index (χ0n) is 10.1. The lowest BCUT2D eigenvalue weighted by molar-refractivity contribution is -0.00875. The Hall–Kier alpha value is -0.570. The van der Waals surface area contributed by atoms with Crippen LogP contribution in [-0.2, 0) is 5.60 Å². The Morgan fingerprint density at radius 1 is 1.31 bits per heavy atom. The van der Waals surface area contributed by atoms with Crippen LogP contribution in [0.25, 0.3) is 0 Å². The van der Waals surface area contributed by atoms with E-state index < -0.39 is 5.60 Å². The van der Waals surface area contributed by atoms with Gasteiger partial charge in [-0.25, -0.2) is 0 Å². The van der Waals surface area contributed by atoms with Gasteiger partial charge in [-0.3, -0.25) is 0 Å². The summed E-state index contributed by atoms with van der Waals surface area (Å²) in [5, 5.41) is 14.6. The summed E-state index contributed by atoms with van der Waals surface area (Å²) in [6, 6.07) is 7.41. The molecule has 0 aliphatic carbocycles. The molecule has 0 radical (unpaired) electrons. The van der Waals surface area contributed by atoms with Crippen LogP contribution in [0.15, 0.2) is 24.3 Å². The van der Waals surface area contributed by atoms with Gasteiger partial charge < -0.3 is 10.4 Å². The second-order valence-corrected chi connectivity index (χ2v) is 4.80. The van der Waals surface area contributed by atoms with E-state index in [0.717, 1.165) is 12.1 Å². The highest BCUT2D eigenvalue weighted by Crippen LogP contribution is 2.29. The van der Waals surface area contributed by atoms with Gasteiger partial charge in [0, 0.05) is 11.6 Å². The molecule has 0 saturated heterocycles. The van der Waals surface area contributed by atoms with Crippen molar-refractivity contribution in [3.05, 3.63) is 34.9 Å². The van der Waals surface area contributed by atoms with E-state index in [1.54, 1.807) is 0 Å². The molecule has 0 saturated carbocycles. The lowest BCUT2D eigenvalue weighted by Crippen LogP contribution is -2.42. The molecule has 0 bridgehead atoms. The molecule has 16 heavy (non-hydrogen) atoms. The molecule has 0 heterocycles. The van der Waals surface area contributed by atoms with Crippen molar-refractivity contribution in [3.63, 3.8) is 0 Å². The summed E-state index contributed by atoms with van der Waals surface area (Å²) in [6.45, 7) is 7.48. The van der Waals surface area contributed by atoms with E-state index in [1.807, 2.05) is 45.0 Å². The van der Waals surface area contributed by atoms with E-state index in [4.69, 9.17) is 11.6 Å². The molecule has 1 rings (SSSR count). The molecule has 1 aromatic carbocycles. The first-order chi connectivity index (χ1) is 7.50. The summed E-state index contributed by atoms with van der Waals surface area (Å²) >= 11 is 5.85. The number of benzene rings is 1. The molecule has 90 valence electrons. The van der Waals surface area contributed by atoms with Gasteiger partial charge in [-0.1, -0.05) is 44.5 Å². The first kappa shape index (κ1) is 13.5. The van der Waals surface area contributed by atoms with Crippen LogP contribution in [0, 0.1) is 5.92 Å². The molecule has 0 aromatic heterocycles. The largest absolute Gasteiger partial charge is 0.384 e. The fourth-order valence-corrected chi connectivity index (χ4v) is 1.82. The Kier molecular flexibility index (Phi) is 4.78. The van der Waals surface area contributed by atoms with Gasteiger partial charge >= 0.3 is 0 Å². The molecule has 0 amide bonds. The smallest absolute Gasteiger partial charge is 0.104 e. The normalized spacial score (nSPS) is 15.1. The summed E-state index contributed by atoms with van der Waals surface area (Å²) in [5.74, 6) is 0.146. The minimum Gasteiger partial charge on any atom is -0.384 e. The third-order valence-corrected chi connectivity index (χ3v) is 3.20. The minimum absolute atomic E-state index is 0.146. The molecule has 1 atom stereocenters. The van der Waals surface area contributed by atoms with Crippen molar-refractivity contribution >= 4 is 11.6 Å². The van der Waals surface area contributed by atoms with Crippen LogP contribution in [0.3, 0.4) is 0 Å². The van der Waals surface area contributed by atoms with Crippen molar-refractivity contribution in [2.24, 2.45) is 5.92 Å². The van der Waals surface area contributed by atoms with Crippen LogP contribution >= 0.6 is 11.6 Å². The highest BCUT2D eigenvalue weighted by Gasteiger charge is 2.32. The van der Waals surface area contributed by atoms with E-state index in [2.05, 4.69) is 5.32 Å². The van der Waals surface area contributed by atoms with E-state index in [0.29, 0.717) is 11.6 Å². The number of hydrogen-bond donors (Lipinski definition) is 2. The Morgan fingerprint density at radius 2 is 1.88 bits per heavy atom. The number of halogens is 1. The van der Waals surface area contributed by atoms with Crippen LogP contribution in [0.4, 0.5) is 0 Å². The molecule has 0 aliphatic heterocycles. The van der Waals surface area contributed by atoms with Crippen LogP contribution < -0.4 is 5.32 Å². The molecule has 0 spiro atoms. The van der Waals surface area contributed by atoms with Gasteiger partial charge in [-0.05, 0) is 30.2 Å². The van der Waals surface area contributed by atoms with Crippen molar-refractivity contribution in [2.45, 2.75) is 26.4 Å². The lowest BCUT2D eigenvalue weighted by Gasteiger charge is -2.33. The zero-order chi connectivity index (χ0) is 12.2. The third-order valence-electron chi connectivity index (χ3n) is 2.94. The summed E-state index contributed by atoms with van der Waals surface area (Å²) < 4.78 is 0. The fraction of sp³-hybridized carbons (Fsp3) is 0.538. The SMILES string of the molecule is CCNCC(O)(c1ccc(Cl)cc1)C(C)C. The topological polar surface area (TPSA) is 32.3 Å². The maximum Gasteiger partial charge on any atom is 0.104 e. The Balaban J connectivity index is 2.96. The van der Waals surface area contributed by atoms with Crippen LogP contribution in [0.1, 0.15) is 26.3 Å². The molecule has 2 nitrogen and oxygen atoms in total. The van der Waals surface area contributed by atoms with E-state index in [1.165, 1.54) is 0 Å². The molecular weight excluding hydrogens is 222 g/mol. The van der Waals surface area contributed by atoms with E-state index in [9.17, 15) is 5.11 Å². The maximum atomic E-state index is 10.7. The monoisotopic (exact) mass is 241 g/mol. The quantitative estimate of drug-likeness (QED) is 0.831. The summed E-state index contributed by atoms with van der Waals surface area (Å²) in [6.07, 6.45) is 0. The van der Waals surface area contributed by atoms with Crippen LogP contribution in [-0.4, -0.2) is 18.2 Å². The number of nitrogens with one attached hydrogen (secondary N) is 1. The Bertz CT molecular complexity index is 323. The van der Waals surface area contributed by atoms with Gasteiger partial charge in [0.25, 0.3) is 0 Å². The predicted molar refractivity (Wildman–Crippen MR) is 68.7 cm³/mol. The average molecular weight is 242 g/mol. The number of rotatable bonds is 5. The van der Waals surface area contributed by atoms with Gasteiger partial charge in [0.15, 0.2) is 0 Å². The molecule has 0 aliphatic rings. The van der Waals surface area contributed by atoms with Crippen molar-refractivity contribution in [1.82, 2.24) is 5.32 Å². The molecule has 2 N–H and O–H groups in total. The Labute approximate surface area is 103 Å². The second-order valence-electron chi connectivity index (χ2n) is 4.37. The highest BCUT2D eigenvalue weighted by atomic mass is 35.5. The maximum absolute atomic E-state index is 10.7. The van der Waals surface area contributed by atoms with Gasteiger partial charge in [-0.15, -0.1) is 0 Å². The van der Waals surface area contributed by atoms with E-state index in [-0.39, 0.29) is 5.92 Å². The zero-order valence-corrected chi connectivity index (χ0v) is 10.9. The predicted octanol–water partition coefficient (Wildman–Crippen LogP) is 2.79. The van der Waals surface area contributed by atoms with Crippen molar-refractivity contribution in [1.29, 1.82) is 0 Å². The van der Waals surface area contributed by atoms with Gasteiger partial charge in [0.2, 0.25) is 0 Å². The van der Waals surface area contributed by atoms with E-state index >= 15 is 0 Å². The highest BCUT2D eigenvalue weighted by molar-refractivity contribution is 6.30. The second kappa shape index (κ2) is 5.67. The minimum atomic E-state index is -0.833. The molecule has 1 unspecified atom stereocenters. The summed E-state index contributed by atoms with van der Waals surface area (Å²) in [4.78, 5) is 0. The molecule has 3 heteroatoms. The summed E-state index contributed by atoms with van der Waals surface area (Å²) in [5.41, 5.74) is 0.0773. The van der Waals surface area contributed by atoms with Crippen molar-refractivity contribution in [3.8, 4) is 0 Å². The van der Waals surface area contributed by atoms with Crippen LogP contribution in [0.5, 0.6) is 0 Å². The number of likely N-dealkylation sites (N-methyl/N-ethyl adjacent to an activating group) is 1. The molecular formula is C13H20ClNO. The number of aliphatic hydroxyl groups is 1. The lowest BCUT2D eigenvalue weighted by atomic mass is 9.83. The van der Waals surface area contributed by atoms with Gasteiger partial charge in [-0.2, -0.15) is 0 Å². The average Bonchev–Trinajstić information content (AvgIpc) is 2.26. The molecule has 0 fully saturated rings. The first-order valence-electron chi connectivity index (χ1n) is 5.70. The van der Waals surface area contributed by atoms with Gasteiger partial charge in [0.05, 0.1) is 0 Å². The number of hydrogen-bond acceptors (Lipinski definition) is 2. The van der Waals surface area contributed by atoms with Crippen LogP contribution in [0.2, 0.25) is 5.02 Å². The fourth-order valence-electron chi connectivity index (χ4n) is 1.69. The van der Waals surface area contributed by atoms with Gasteiger partial charge in [0.1, 0.15) is 5.60 Å². The molecule has 1 aromatic rings. The third kappa shape index (κ3) is 2.97. The standard InChI is InChI=1S/C13H20ClNO/c1-4-15-9-13(16,10(2)3)11-5-7-12(14)8-6-11/h5-8,10,15-16H,4,9H2,1-3H3. The first-order valence-corrected chi connectivity index (χ1v) is 6.07. The Morgan fingerprint density at radius 3 is 2.31 bits per heavy atom.